The molecule has 0 radical (unpaired) electrons. The molecule has 4 heterocycles. The zero-order valence-corrected chi connectivity index (χ0v) is 14.0. The minimum atomic E-state index is 0.535. The van der Waals surface area contributed by atoms with E-state index >= 15 is 0 Å². The Hall–Kier alpha value is -2.70. The summed E-state index contributed by atoms with van der Waals surface area (Å²) in [4.78, 5) is 31.1. The molecule has 0 aromatic carbocycles. The molecule has 0 bridgehead atoms. The highest BCUT2D eigenvalue weighted by atomic mass is 32.1. The van der Waals surface area contributed by atoms with E-state index in [4.69, 9.17) is 0 Å². The first kappa shape index (κ1) is 14.9. The van der Waals surface area contributed by atoms with E-state index < -0.39 is 0 Å². The van der Waals surface area contributed by atoms with Crippen LogP contribution in [0, 0.1) is 0 Å². The molecule has 2 N–H and O–H groups in total. The maximum Gasteiger partial charge on any atom is 0.166 e. The molecule has 0 saturated heterocycles. The van der Waals surface area contributed by atoms with Crippen LogP contribution in [0.15, 0.2) is 47.2 Å². The van der Waals surface area contributed by atoms with Crippen molar-refractivity contribution in [3.8, 4) is 32.3 Å². The minimum absolute atomic E-state index is 0.535. The molecule has 0 amide bonds. The van der Waals surface area contributed by atoms with Crippen LogP contribution in [-0.2, 0) is 0 Å². The van der Waals surface area contributed by atoms with Crippen molar-refractivity contribution in [3.63, 3.8) is 0 Å². The molecule has 4 rings (SSSR count). The lowest BCUT2D eigenvalue weighted by atomic mass is 10.2. The van der Waals surface area contributed by atoms with E-state index in [0.717, 1.165) is 44.8 Å². The van der Waals surface area contributed by atoms with Gasteiger partial charge in [0.05, 0.1) is 22.8 Å². The van der Waals surface area contributed by atoms with Gasteiger partial charge in [-0.05, 0) is 35.0 Å². The normalized spacial score (nSPS) is 10.8. The Morgan fingerprint density at radius 3 is 1.54 bits per heavy atom. The zero-order valence-electron chi connectivity index (χ0n) is 12.4. The van der Waals surface area contributed by atoms with Gasteiger partial charge in [0.25, 0.3) is 0 Å². The Labute approximate surface area is 145 Å². The van der Waals surface area contributed by atoms with Crippen LogP contribution < -0.4 is 0 Å². The summed E-state index contributed by atoms with van der Waals surface area (Å²) < 4.78 is 0. The van der Waals surface area contributed by atoms with Gasteiger partial charge in [-0.3, -0.25) is 9.59 Å². The first-order chi connectivity index (χ1) is 11.8. The van der Waals surface area contributed by atoms with Crippen LogP contribution in [0.2, 0.25) is 0 Å². The van der Waals surface area contributed by atoms with Gasteiger partial charge >= 0.3 is 0 Å². The van der Waals surface area contributed by atoms with E-state index in [-0.39, 0.29) is 0 Å². The van der Waals surface area contributed by atoms with Gasteiger partial charge in [0.15, 0.2) is 12.6 Å². The highest BCUT2D eigenvalue weighted by molar-refractivity contribution is 7.13. The third-order valence-electron chi connectivity index (χ3n) is 3.80. The van der Waals surface area contributed by atoms with Crippen molar-refractivity contribution in [2.45, 2.75) is 0 Å². The Kier molecular flexibility index (Phi) is 3.76. The Morgan fingerprint density at radius 2 is 1.21 bits per heavy atom. The average Bonchev–Trinajstić information content (AvgIpc) is 3.40. The first-order valence-corrected chi connectivity index (χ1v) is 9.00. The number of hydrogen-bond acceptors (Lipinski definition) is 4. The molecule has 4 aromatic rings. The van der Waals surface area contributed by atoms with Gasteiger partial charge in [-0.15, -0.1) is 22.7 Å². The van der Waals surface area contributed by atoms with Crippen molar-refractivity contribution in [1.29, 1.82) is 0 Å². The topological polar surface area (TPSA) is 65.7 Å². The Balaban J connectivity index is 1.83. The molecule has 0 saturated carbocycles. The van der Waals surface area contributed by atoms with Crippen molar-refractivity contribution in [3.05, 3.63) is 58.5 Å². The third kappa shape index (κ3) is 2.46. The van der Waals surface area contributed by atoms with Crippen LogP contribution in [0.1, 0.15) is 21.0 Å². The van der Waals surface area contributed by atoms with Crippen molar-refractivity contribution in [2.24, 2.45) is 0 Å². The molecule has 0 unspecified atom stereocenters. The van der Waals surface area contributed by atoms with Crippen LogP contribution >= 0.6 is 22.7 Å². The second kappa shape index (κ2) is 6.07. The van der Waals surface area contributed by atoms with Crippen molar-refractivity contribution in [1.82, 2.24) is 9.97 Å². The van der Waals surface area contributed by atoms with Crippen LogP contribution in [0.5, 0.6) is 0 Å². The molecule has 24 heavy (non-hydrogen) atoms. The monoisotopic (exact) mass is 352 g/mol. The fraction of sp³-hybridized carbons (Fsp3) is 0. The second-order valence-corrected chi connectivity index (χ2v) is 7.11. The first-order valence-electron chi connectivity index (χ1n) is 7.24. The number of carbonyl (C=O) groups is 2. The lowest BCUT2D eigenvalue weighted by Gasteiger charge is -1.91. The molecule has 0 aliphatic rings. The molecule has 0 spiro atoms. The van der Waals surface area contributed by atoms with E-state index in [9.17, 15) is 9.59 Å². The molecular weight excluding hydrogens is 340 g/mol. The lowest BCUT2D eigenvalue weighted by molar-refractivity contribution is 0.111. The van der Waals surface area contributed by atoms with Crippen LogP contribution in [0.4, 0.5) is 0 Å². The van der Waals surface area contributed by atoms with Crippen molar-refractivity contribution >= 4 is 35.2 Å². The zero-order chi connectivity index (χ0) is 16.5. The Morgan fingerprint density at radius 1 is 0.750 bits per heavy atom. The lowest BCUT2D eigenvalue weighted by Crippen LogP contribution is -1.84. The maximum atomic E-state index is 11.4. The van der Waals surface area contributed by atoms with Gasteiger partial charge in [0, 0.05) is 20.9 Å². The summed E-state index contributed by atoms with van der Waals surface area (Å²) >= 11 is 3.16. The molecule has 118 valence electrons. The number of aromatic nitrogens is 2. The summed E-state index contributed by atoms with van der Waals surface area (Å²) in [6, 6.07) is 11.7. The van der Waals surface area contributed by atoms with Gasteiger partial charge in [0.1, 0.15) is 0 Å². The highest BCUT2D eigenvalue weighted by Crippen LogP contribution is 2.35. The largest absolute Gasteiger partial charge is 0.351 e. The molecule has 4 aromatic heterocycles. The van der Waals surface area contributed by atoms with E-state index in [2.05, 4.69) is 9.97 Å². The number of nitrogens with one attached hydrogen (secondary N) is 2. The maximum absolute atomic E-state index is 11.4. The molecule has 4 nitrogen and oxygen atoms in total. The van der Waals surface area contributed by atoms with Crippen molar-refractivity contribution < 1.29 is 9.59 Å². The van der Waals surface area contributed by atoms with Gasteiger partial charge < -0.3 is 9.97 Å². The fourth-order valence-electron chi connectivity index (χ4n) is 2.69. The fourth-order valence-corrected chi connectivity index (χ4v) is 4.20. The number of H-pyrrole nitrogens is 2. The predicted octanol–water partition coefficient (Wildman–Crippen LogP) is 5.09. The quantitative estimate of drug-likeness (QED) is 0.491. The number of aromatic amines is 2. The number of rotatable bonds is 5. The van der Waals surface area contributed by atoms with Crippen molar-refractivity contribution in [2.75, 3.05) is 0 Å². The summed E-state index contributed by atoms with van der Waals surface area (Å²) in [7, 11) is 0. The number of carbonyl (C=O) groups excluding carboxylic acids is 2. The van der Waals surface area contributed by atoms with Gasteiger partial charge in [0.2, 0.25) is 0 Å². The van der Waals surface area contributed by atoms with E-state index in [1.807, 2.05) is 47.2 Å². The van der Waals surface area contributed by atoms with E-state index in [0.29, 0.717) is 11.4 Å². The molecule has 0 fully saturated rings. The number of aldehydes is 2. The third-order valence-corrected chi connectivity index (χ3v) is 5.60. The Bertz CT molecular complexity index is 910. The smallest absolute Gasteiger partial charge is 0.166 e. The predicted molar refractivity (Wildman–Crippen MR) is 98.0 cm³/mol. The van der Waals surface area contributed by atoms with E-state index in [1.165, 1.54) is 0 Å². The molecule has 0 aliphatic heterocycles. The summed E-state index contributed by atoms with van der Waals surface area (Å²) in [6.07, 6.45) is 1.64. The van der Waals surface area contributed by atoms with Gasteiger partial charge in [-0.25, -0.2) is 0 Å². The van der Waals surface area contributed by atoms with Crippen LogP contribution in [0.25, 0.3) is 32.3 Å². The number of hydrogen-bond donors (Lipinski definition) is 2. The molecule has 0 atom stereocenters. The molecule has 0 aliphatic carbocycles. The van der Waals surface area contributed by atoms with Crippen LogP contribution in [0.3, 0.4) is 0 Å². The average molecular weight is 352 g/mol. The summed E-state index contributed by atoms with van der Waals surface area (Å²) in [5.74, 6) is 0. The summed E-state index contributed by atoms with van der Waals surface area (Å²) in [6.45, 7) is 0. The molecule has 6 heteroatoms. The van der Waals surface area contributed by atoms with E-state index in [1.54, 1.807) is 22.7 Å². The second-order valence-electron chi connectivity index (χ2n) is 5.21. The van der Waals surface area contributed by atoms with Crippen LogP contribution in [-0.4, -0.2) is 22.5 Å². The number of thiophene rings is 2. The standard InChI is InChI=1S/C18H12N2O2S2/c21-9-15-11(17-3-1-5-23-17)7-13(19-15)14-8-12(16(10-22)20-14)18-4-2-6-24-18/h1-10,19-20H. The minimum Gasteiger partial charge on any atom is -0.351 e. The SMILES string of the molecule is O=Cc1[nH]c(-c2cc(-c3cccs3)c(C=O)[nH]2)cc1-c1cccs1. The van der Waals surface area contributed by atoms with Gasteiger partial charge in [-0.2, -0.15) is 0 Å². The summed E-state index contributed by atoms with van der Waals surface area (Å²) in [5.41, 5.74) is 4.38. The van der Waals surface area contributed by atoms with Gasteiger partial charge in [-0.1, -0.05) is 12.1 Å². The summed E-state index contributed by atoms with van der Waals surface area (Å²) in [5, 5.41) is 3.95. The highest BCUT2D eigenvalue weighted by Gasteiger charge is 2.16. The molecular formula is C18H12N2O2S2.